The standard InChI is InChI=1S/C11H15ClN2O3S/c1-13-18(15,16)14-6-7-17-11(8-14)9-4-2-3-5-10(9)12/h2-5,11,13H,6-8H2,1H3. The molecule has 1 unspecified atom stereocenters. The minimum absolute atomic E-state index is 0.271. The van der Waals surface area contributed by atoms with Crippen molar-refractivity contribution < 1.29 is 13.2 Å². The maximum absolute atomic E-state index is 11.7. The van der Waals surface area contributed by atoms with E-state index in [4.69, 9.17) is 16.3 Å². The molecule has 1 fully saturated rings. The Morgan fingerprint density at radius 2 is 2.17 bits per heavy atom. The van der Waals surface area contributed by atoms with Gasteiger partial charge in [-0.25, -0.2) is 4.72 Å². The van der Waals surface area contributed by atoms with Crippen LogP contribution in [0.3, 0.4) is 0 Å². The molecule has 1 atom stereocenters. The molecule has 18 heavy (non-hydrogen) atoms. The van der Waals surface area contributed by atoms with E-state index in [9.17, 15) is 8.42 Å². The number of morpholine rings is 1. The summed E-state index contributed by atoms with van der Waals surface area (Å²) < 4.78 is 32.8. The van der Waals surface area contributed by atoms with Crippen LogP contribution in [0.15, 0.2) is 24.3 Å². The number of benzene rings is 1. The predicted octanol–water partition coefficient (Wildman–Crippen LogP) is 1.18. The van der Waals surface area contributed by atoms with E-state index in [-0.39, 0.29) is 12.6 Å². The number of nitrogens with one attached hydrogen (secondary N) is 1. The number of rotatable bonds is 3. The van der Waals surface area contributed by atoms with Gasteiger partial charge in [0.05, 0.1) is 12.7 Å². The summed E-state index contributed by atoms with van der Waals surface area (Å²) >= 11 is 6.09. The Morgan fingerprint density at radius 3 is 2.83 bits per heavy atom. The van der Waals surface area contributed by atoms with Gasteiger partial charge < -0.3 is 4.74 Å². The summed E-state index contributed by atoms with van der Waals surface area (Å²) in [4.78, 5) is 0. The Kier molecular flexibility index (Phi) is 4.24. The van der Waals surface area contributed by atoms with E-state index in [1.165, 1.54) is 11.4 Å². The Labute approximate surface area is 112 Å². The number of halogens is 1. The molecule has 2 rings (SSSR count). The van der Waals surface area contributed by atoms with Crippen molar-refractivity contribution in [2.24, 2.45) is 0 Å². The Hall–Kier alpha value is -0.660. The lowest BCUT2D eigenvalue weighted by molar-refractivity contribution is -0.00279. The topological polar surface area (TPSA) is 58.6 Å². The van der Waals surface area contributed by atoms with E-state index in [1.54, 1.807) is 6.07 Å². The van der Waals surface area contributed by atoms with Crippen LogP contribution in [0.25, 0.3) is 0 Å². The van der Waals surface area contributed by atoms with Crippen molar-refractivity contribution in [1.82, 2.24) is 9.03 Å². The highest BCUT2D eigenvalue weighted by Gasteiger charge is 2.30. The first-order valence-electron chi connectivity index (χ1n) is 5.59. The highest BCUT2D eigenvalue weighted by molar-refractivity contribution is 7.87. The van der Waals surface area contributed by atoms with Crippen LogP contribution in [0.5, 0.6) is 0 Å². The fourth-order valence-electron chi connectivity index (χ4n) is 1.90. The van der Waals surface area contributed by atoms with E-state index < -0.39 is 10.2 Å². The van der Waals surface area contributed by atoms with E-state index in [0.717, 1.165) is 5.56 Å². The molecule has 1 aliphatic rings. The number of hydrogen-bond acceptors (Lipinski definition) is 3. The Balaban J connectivity index is 2.20. The third-order valence-corrected chi connectivity index (χ3v) is 4.75. The molecule has 0 amide bonds. The lowest BCUT2D eigenvalue weighted by Gasteiger charge is -2.32. The van der Waals surface area contributed by atoms with Crippen molar-refractivity contribution >= 4 is 21.8 Å². The summed E-state index contributed by atoms with van der Waals surface area (Å²) in [6, 6.07) is 7.31. The van der Waals surface area contributed by atoms with Gasteiger partial charge in [0.2, 0.25) is 0 Å². The van der Waals surface area contributed by atoms with Crippen LogP contribution in [0.1, 0.15) is 11.7 Å². The van der Waals surface area contributed by atoms with Gasteiger partial charge in [0.1, 0.15) is 0 Å². The maximum Gasteiger partial charge on any atom is 0.279 e. The minimum atomic E-state index is -3.41. The third-order valence-electron chi connectivity index (χ3n) is 2.88. The fourth-order valence-corrected chi connectivity index (χ4v) is 3.06. The number of hydrogen-bond donors (Lipinski definition) is 1. The van der Waals surface area contributed by atoms with Gasteiger partial charge in [-0.15, -0.1) is 0 Å². The predicted molar refractivity (Wildman–Crippen MR) is 69.7 cm³/mol. The molecular weight excluding hydrogens is 276 g/mol. The summed E-state index contributed by atoms with van der Waals surface area (Å²) in [6.45, 7) is 0.980. The summed E-state index contributed by atoms with van der Waals surface area (Å²) in [5.74, 6) is 0. The highest BCUT2D eigenvalue weighted by atomic mass is 35.5. The average Bonchev–Trinajstić information content (AvgIpc) is 2.39. The largest absolute Gasteiger partial charge is 0.371 e. The zero-order chi connectivity index (χ0) is 13.2. The normalized spacial score (nSPS) is 22.0. The molecule has 1 heterocycles. The summed E-state index contributed by atoms with van der Waals surface area (Å²) in [7, 11) is -2.02. The van der Waals surface area contributed by atoms with Gasteiger partial charge in [-0.3, -0.25) is 0 Å². The first-order valence-corrected chi connectivity index (χ1v) is 7.41. The van der Waals surface area contributed by atoms with Gasteiger partial charge in [0.25, 0.3) is 10.2 Å². The monoisotopic (exact) mass is 290 g/mol. The molecule has 1 aromatic carbocycles. The molecule has 1 aromatic rings. The van der Waals surface area contributed by atoms with Crippen LogP contribution in [-0.4, -0.2) is 39.5 Å². The smallest absolute Gasteiger partial charge is 0.279 e. The van der Waals surface area contributed by atoms with E-state index in [0.29, 0.717) is 18.2 Å². The molecule has 0 spiro atoms. The van der Waals surface area contributed by atoms with Crippen molar-refractivity contribution in [3.05, 3.63) is 34.9 Å². The van der Waals surface area contributed by atoms with Gasteiger partial charge >= 0.3 is 0 Å². The lowest BCUT2D eigenvalue weighted by atomic mass is 10.1. The molecule has 7 heteroatoms. The molecular formula is C11H15ClN2O3S. The van der Waals surface area contributed by atoms with E-state index >= 15 is 0 Å². The zero-order valence-electron chi connectivity index (χ0n) is 9.97. The molecule has 0 radical (unpaired) electrons. The van der Waals surface area contributed by atoms with Crippen molar-refractivity contribution in [1.29, 1.82) is 0 Å². The van der Waals surface area contributed by atoms with Gasteiger partial charge in [0, 0.05) is 30.7 Å². The van der Waals surface area contributed by atoms with E-state index in [1.807, 2.05) is 18.2 Å². The summed E-state index contributed by atoms with van der Waals surface area (Å²) in [6.07, 6.45) is -0.324. The summed E-state index contributed by atoms with van der Waals surface area (Å²) in [5, 5.41) is 0.589. The molecule has 0 bridgehead atoms. The molecule has 5 nitrogen and oxygen atoms in total. The quantitative estimate of drug-likeness (QED) is 0.909. The minimum Gasteiger partial charge on any atom is -0.371 e. The van der Waals surface area contributed by atoms with Crippen molar-refractivity contribution in [3.8, 4) is 0 Å². The highest BCUT2D eigenvalue weighted by Crippen LogP contribution is 2.28. The first-order chi connectivity index (χ1) is 8.54. The van der Waals surface area contributed by atoms with Crippen LogP contribution in [0.4, 0.5) is 0 Å². The van der Waals surface area contributed by atoms with E-state index in [2.05, 4.69) is 4.72 Å². The molecule has 0 aliphatic carbocycles. The van der Waals surface area contributed by atoms with Crippen molar-refractivity contribution in [2.75, 3.05) is 26.7 Å². The molecule has 1 saturated heterocycles. The van der Waals surface area contributed by atoms with Crippen LogP contribution < -0.4 is 4.72 Å². The van der Waals surface area contributed by atoms with Crippen molar-refractivity contribution in [2.45, 2.75) is 6.10 Å². The number of ether oxygens (including phenoxy) is 1. The molecule has 1 N–H and O–H groups in total. The van der Waals surface area contributed by atoms with Crippen LogP contribution in [0, 0.1) is 0 Å². The maximum atomic E-state index is 11.7. The van der Waals surface area contributed by atoms with Crippen LogP contribution in [0.2, 0.25) is 5.02 Å². The second-order valence-corrected chi connectivity index (χ2v) is 6.23. The summed E-state index contributed by atoms with van der Waals surface area (Å²) in [5.41, 5.74) is 0.815. The Morgan fingerprint density at radius 1 is 1.44 bits per heavy atom. The molecule has 1 aliphatic heterocycles. The molecule has 100 valence electrons. The molecule has 0 saturated carbocycles. The van der Waals surface area contributed by atoms with Crippen molar-refractivity contribution in [3.63, 3.8) is 0 Å². The van der Waals surface area contributed by atoms with Crippen LogP contribution in [-0.2, 0) is 14.9 Å². The van der Waals surface area contributed by atoms with Gasteiger partial charge in [-0.2, -0.15) is 12.7 Å². The Bertz CT molecular complexity index is 521. The van der Waals surface area contributed by atoms with Gasteiger partial charge in [-0.05, 0) is 6.07 Å². The lowest BCUT2D eigenvalue weighted by Crippen LogP contribution is -2.46. The van der Waals surface area contributed by atoms with Crippen LogP contribution >= 0.6 is 11.6 Å². The average molecular weight is 291 g/mol. The first kappa shape index (κ1) is 13.8. The third kappa shape index (κ3) is 2.84. The molecule has 0 aromatic heterocycles. The van der Waals surface area contributed by atoms with Gasteiger partial charge in [0.15, 0.2) is 0 Å². The zero-order valence-corrected chi connectivity index (χ0v) is 11.5. The fraction of sp³-hybridized carbons (Fsp3) is 0.455. The number of nitrogens with zero attached hydrogens (tertiary/aromatic N) is 1. The second-order valence-electron chi connectivity index (χ2n) is 3.95. The van der Waals surface area contributed by atoms with Gasteiger partial charge in [-0.1, -0.05) is 29.8 Å². The SMILES string of the molecule is CNS(=O)(=O)N1CCOC(c2ccccc2Cl)C1. The second kappa shape index (κ2) is 5.54.